The zero-order valence-corrected chi connectivity index (χ0v) is 12.4. The molecule has 0 amide bonds. The fourth-order valence-corrected chi connectivity index (χ4v) is 2.51. The van der Waals surface area contributed by atoms with Crippen LogP contribution in [0.4, 0.5) is 0 Å². The molecule has 0 aliphatic heterocycles. The van der Waals surface area contributed by atoms with Crippen LogP contribution in [0.25, 0.3) is 0 Å². The number of rotatable bonds is 7. The predicted molar refractivity (Wildman–Crippen MR) is 77.7 cm³/mol. The maximum Gasteiger partial charge on any atom is 0.0225 e. The summed E-state index contributed by atoms with van der Waals surface area (Å²) in [7, 11) is 0. The second kappa shape index (κ2) is 6.67. The molecule has 0 aromatic carbocycles. The third kappa shape index (κ3) is 4.89. The zero-order valence-electron chi connectivity index (χ0n) is 10.7. The lowest BCUT2D eigenvalue weighted by atomic mass is 10.1. The summed E-state index contributed by atoms with van der Waals surface area (Å²) in [6, 6.07) is 4.98. The lowest BCUT2D eigenvalue weighted by Gasteiger charge is -2.26. The van der Waals surface area contributed by atoms with E-state index in [0.717, 1.165) is 6.54 Å². The van der Waals surface area contributed by atoms with Gasteiger partial charge in [-0.2, -0.15) is 11.8 Å². The molecule has 0 radical (unpaired) electrons. The molecule has 3 heteroatoms. The summed E-state index contributed by atoms with van der Waals surface area (Å²) >= 11 is 3.79. The van der Waals surface area contributed by atoms with Crippen molar-refractivity contribution < 1.29 is 0 Å². The average molecular weight is 257 g/mol. The fourth-order valence-electron chi connectivity index (χ4n) is 1.49. The van der Waals surface area contributed by atoms with Crippen molar-refractivity contribution in [2.45, 2.75) is 44.4 Å². The highest BCUT2D eigenvalue weighted by atomic mass is 32.2. The topological polar surface area (TPSA) is 12.0 Å². The van der Waals surface area contributed by atoms with Crippen molar-refractivity contribution in [3.63, 3.8) is 0 Å². The number of hydrogen-bond donors (Lipinski definition) is 1. The molecule has 92 valence electrons. The van der Waals surface area contributed by atoms with Crippen molar-refractivity contribution >= 4 is 23.1 Å². The Bertz CT molecular complexity index is 280. The van der Waals surface area contributed by atoms with Crippen LogP contribution in [0.15, 0.2) is 17.5 Å². The highest BCUT2D eigenvalue weighted by Crippen LogP contribution is 2.20. The molecule has 16 heavy (non-hydrogen) atoms. The predicted octanol–water partition coefficient (Wildman–Crippen LogP) is 3.80. The standard InChI is InChI=1S/C13H23NS2/c1-5-11(9-12-7-6-8-16-12)14-10-13(2,3)15-4/h6-8,11,14H,5,9-10H2,1-4H3. The van der Waals surface area contributed by atoms with Crippen molar-refractivity contribution in [3.05, 3.63) is 22.4 Å². The minimum Gasteiger partial charge on any atom is -0.312 e. The van der Waals surface area contributed by atoms with E-state index in [0.29, 0.717) is 10.8 Å². The van der Waals surface area contributed by atoms with Gasteiger partial charge in [0, 0.05) is 22.2 Å². The van der Waals surface area contributed by atoms with E-state index in [9.17, 15) is 0 Å². The first-order valence-corrected chi connectivity index (χ1v) is 7.98. The van der Waals surface area contributed by atoms with E-state index in [2.05, 4.69) is 49.9 Å². The molecule has 1 rings (SSSR count). The maximum atomic E-state index is 3.68. The van der Waals surface area contributed by atoms with Crippen LogP contribution >= 0.6 is 23.1 Å². The van der Waals surface area contributed by atoms with Gasteiger partial charge in [-0.1, -0.05) is 13.0 Å². The van der Waals surface area contributed by atoms with E-state index < -0.39 is 0 Å². The second-order valence-electron chi connectivity index (χ2n) is 4.73. The van der Waals surface area contributed by atoms with Crippen molar-refractivity contribution in [1.82, 2.24) is 5.32 Å². The molecule has 1 unspecified atom stereocenters. The fraction of sp³-hybridized carbons (Fsp3) is 0.692. The molecule has 0 saturated heterocycles. The van der Waals surface area contributed by atoms with Gasteiger partial charge in [-0.25, -0.2) is 0 Å². The Hall–Kier alpha value is 0.01000. The Morgan fingerprint density at radius 3 is 2.75 bits per heavy atom. The molecule has 1 aromatic heterocycles. The van der Waals surface area contributed by atoms with Gasteiger partial charge in [0.1, 0.15) is 0 Å². The van der Waals surface area contributed by atoms with Crippen LogP contribution < -0.4 is 5.32 Å². The monoisotopic (exact) mass is 257 g/mol. The Morgan fingerprint density at radius 1 is 1.50 bits per heavy atom. The SMILES string of the molecule is CCC(Cc1cccs1)NCC(C)(C)SC. The first-order chi connectivity index (χ1) is 7.57. The van der Waals surface area contributed by atoms with Crippen LogP contribution in [0.1, 0.15) is 32.1 Å². The smallest absolute Gasteiger partial charge is 0.0225 e. The van der Waals surface area contributed by atoms with Gasteiger partial charge in [-0.3, -0.25) is 0 Å². The summed E-state index contributed by atoms with van der Waals surface area (Å²) in [6.07, 6.45) is 4.54. The zero-order chi connectivity index (χ0) is 12.0. The minimum absolute atomic E-state index is 0.336. The first kappa shape index (κ1) is 14.1. The van der Waals surface area contributed by atoms with Gasteiger partial charge < -0.3 is 5.32 Å². The first-order valence-electron chi connectivity index (χ1n) is 5.88. The van der Waals surface area contributed by atoms with Gasteiger partial charge in [0.2, 0.25) is 0 Å². The molecule has 1 N–H and O–H groups in total. The molecular weight excluding hydrogens is 234 g/mol. The lowest BCUT2D eigenvalue weighted by molar-refractivity contribution is 0.469. The van der Waals surface area contributed by atoms with E-state index in [-0.39, 0.29) is 0 Å². The molecule has 1 aromatic rings. The van der Waals surface area contributed by atoms with Crippen molar-refractivity contribution in [2.24, 2.45) is 0 Å². The van der Waals surface area contributed by atoms with Gasteiger partial charge in [0.15, 0.2) is 0 Å². The van der Waals surface area contributed by atoms with Crippen LogP contribution in [-0.2, 0) is 6.42 Å². The van der Waals surface area contributed by atoms with E-state index in [1.165, 1.54) is 17.7 Å². The van der Waals surface area contributed by atoms with E-state index >= 15 is 0 Å². The van der Waals surface area contributed by atoms with Crippen LogP contribution in [-0.4, -0.2) is 23.6 Å². The Kier molecular flexibility index (Phi) is 5.87. The van der Waals surface area contributed by atoms with E-state index in [4.69, 9.17) is 0 Å². The highest BCUT2D eigenvalue weighted by molar-refractivity contribution is 7.99. The van der Waals surface area contributed by atoms with Crippen LogP contribution in [0.3, 0.4) is 0 Å². The van der Waals surface area contributed by atoms with Crippen molar-refractivity contribution in [3.8, 4) is 0 Å². The van der Waals surface area contributed by atoms with Gasteiger partial charge in [0.05, 0.1) is 0 Å². The van der Waals surface area contributed by atoms with Crippen LogP contribution in [0.2, 0.25) is 0 Å². The molecule has 0 saturated carbocycles. The van der Waals surface area contributed by atoms with Crippen LogP contribution in [0.5, 0.6) is 0 Å². The summed E-state index contributed by atoms with van der Waals surface area (Å²) in [6.45, 7) is 7.93. The summed E-state index contributed by atoms with van der Waals surface area (Å²) in [5.74, 6) is 0. The van der Waals surface area contributed by atoms with Gasteiger partial charge in [-0.15, -0.1) is 11.3 Å². The summed E-state index contributed by atoms with van der Waals surface area (Å²) in [5.41, 5.74) is 0. The third-order valence-electron chi connectivity index (χ3n) is 2.89. The molecule has 0 spiro atoms. The van der Waals surface area contributed by atoms with E-state index in [1.54, 1.807) is 0 Å². The summed E-state index contributed by atoms with van der Waals surface area (Å²) in [4.78, 5) is 1.49. The molecule has 0 aliphatic rings. The molecule has 0 fully saturated rings. The Balaban J connectivity index is 2.38. The molecule has 1 atom stereocenters. The number of thioether (sulfide) groups is 1. The van der Waals surface area contributed by atoms with E-state index in [1.807, 2.05) is 23.1 Å². The number of hydrogen-bond acceptors (Lipinski definition) is 3. The summed E-state index contributed by atoms with van der Waals surface area (Å²) < 4.78 is 0.336. The van der Waals surface area contributed by atoms with Gasteiger partial charge in [0.25, 0.3) is 0 Å². The quantitative estimate of drug-likeness (QED) is 0.797. The molecule has 1 heterocycles. The number of nitrogens with one attached hydrogen (secondary N) is 1. The Morgan fingerprint density at radius 2 is 2.25 bits per heavy atom. The second-order valence-corrected chi connectivity index (χ2v) is 7.28. The molecule has 0 bridgehead atoms. The Labute approximate surface area is 108 Å². The number of thiophene rings is 1. The highest BCUT2D eigenvalue weighted by Gasteiger charge is 2.17. The lowest BCUT2D eigenvalue weighted by Crippen LogP contribution is -2.39. The van der Waals surface area contributed by atoms with Crippen molar-refractivity contribution in [2.75, 3.05) is 12.8 Å². The normalized spacial score (nSPS) is 14.0. The third-order valence-corrected chi connectivity index (χ3v) is 5.04. The largest absolute Gasteiger partial charge is 0.312 e. The molecule has 0 aliphatic carbocycles. The van der Waals surface area contributed by atoms with Crippen molar-refractivity contribution in [1.29, 1.82) is 0 Å². The minimum atomic E-state index is 0.336. The van der Waals surface area contributed by atoms with Crippen LogP contribution in [0, 0.1) is 0 Å². The summed E-state index contributed by atoms with van der Waals surface area (Å²) in [5, 5.41) is 5.85. The maximum absolute atomic E-state index is 3.68. The van der Waals surface area contributed by atoms with Gasteiger partial charge in [-0.05, 0) is 44.4 Å². The average Bonchev–Trinajstić information content (AvgIpc) is 2.77. The molecular formula is C13H23NS2. The molecule has 1 nitrogen and oxygen atoms in total. The van der Waals surface area contributed by atoms with Gasteiger partial charge >= 0.3 is 0 Å².